The quantitative estimate of drug-likeness (QED) is 0.333. The Morgan fingerprint density at radius 3 is 2.67 bits per heavy atom. The Bertz CT molecular complexity index is 257. The molecule has 2 N–H and O–H groups in total. The van der Waals surface area contributed by atoms with Crippen LogP contribution in [0.1, 0.15) is 0 Å². The molecule has 0 atom stereocenters. The topological polar surface area (TPSA) is 92.7 Å². The van der Waals surface area contributed by atoms with E-state index < -0.39 is 21.8 Å². The molecule has 0 spiro atoms. The summed E-state index contributed by atoms with van der Waals surface area (Å²) in [5.41, 5.74) is 1.62. The Morgan fingerprint density at radius 2 is 2.25 bits per heavy atom. The van der Waals surface area contributed by atoms with Crippen molar-refractivity contribution in [2.45, 2.75) is 0 Å². The Kier molecular flexibility index (Phi) is 4.49. The van der Waals surface area contributed by atoms with Gasteiger partial charge in [0.05, 0.1) is 0 Å². The standard InChI is InChI=1S/C5H9NO5S/c1-2-5(7)11-12(9,10)4-3-6-8/h2,6,8H,1,3-4H2. The molecular weight excluding hydrogens is 186 g/mol. The molecule has 70 valence electrons. The monoisotopic (exact) mass is 195 g/mol. The van der Waals surface area contributed by atoms with Crippen molar-refractivity contribution in [1.29, 1.82) is 0 Å². The van der Waals surface area contributed by atoms with Gasteiger partial charge in [-0.2, -0.15) is 8.42 Å². The summed E-state index contributed by atoms with van der Waals surface area (Å²) < 4.78 is 25.4. The summed E-state index contributed by atoms with van der Waals surface area (Å²) in [7, 11) is -3.90. The lowest BCUT2D eigenvalue weighted by molar-refractivity contribution is -0.128. The number of hydrogen-bond acceptors (Lipinski definition) is 6. The Morgan fingerprint density at radius 1 is 1.67 bits per heavy atom. The van der Waals surface area contributed by atoms with Gasteiger partial charge in [-0.1, -0.05) is 6.58 Å². The SMILES string of the molecule is C=CC(=O)OS(=O)(=O)CCNO. The summed E-state index contributed by atoms with van der Waals surface area (Å²) in [6, 6.07) is 0. The highest BCUT2D eigenvalue weighted by Crippen LogP contribution is 1.93. The van der Waals surface area contributed by atoms with Gasteiger partial charge in [0, 0.05) is 12.6 Å². The number of hydroxylamine groups is 1. The van der Waals surface area contributed by atoms with Crippen LogP contribution in [0.3, 0.4) is 0 Å². The molecule has 0 aromatic heterocycles. The molecule has 0 unspecified atom stereocenters. The van der Waals surface area contributed by atoms with Crippen molar-refractivity contribution < 1.29 is 22.6 Å². The van der Waals surface area contributed by atoms with E-state index in [4.69, 9.17) is 5.21 Å². The lowest BCUT2D eigenvalue weighted by Crippen LogP contribution is -2.22. The Labute approximate surface area is 69.9 Å². The van der Waals surface area contributed by atoms with Crippen molar-refractivity contribution in [2.75, 3.05) is 12.3 Å². The van der Waals surface area contributed by atoms with Crippen LogP contribution in [0.4, 0.5) is 0 Å². The number of carbonyl (C=O) groups excluding carboxylic acids is 1. The number of hydrogen-bond donors (Lipinski definition) is 2. The lowest BCUT2D eigenvalue weighted by atomic mass is 10.7. The molecule has 6 nitrogen and oxygen atoms in total. The first-order valence-electron chi connectivity index (χ1n) is 2.97. The van der Waals surface area contributed by atoms with Crippen LogP contribution in [0.5, 0.6) is 0 Å². The molecule has 0 rings (SSSR count). The van der Waals surface area contributed by atoms with E-state index in [-0.39, 0.29) is 6.54 Å². The van der Waals surface area contributed by atoms with Crippen molar-refractivity contribution in [3.05, 3.63) is 12.7 Å². The number of carbonyl (C=O) groups is 1. The minimum absolute atomic E-state index is 0.202. The van der Waals surface area contributed by atoms with Crippen LogP contribution in [0.2, 0.25) is 0 Å². The molecule has 7 heteroatoms. The average Bonchev–Trinajstić information content (AvgIpc) is 2.00. The molecule has 12 heavy (non-hydrogen) atoms. The van der Waals surface area contributed by atoms with Gasteiger partial charge in [-0.25, -0.2) is 10.3 Å². The molecule has 0 aliphatic rings. The van der Waals surface area contributed by atoms with Crippen LogP contribution >= 0.6 is 0 Å². The molecule has 0 aliphatic heterocycles. The predicted octanol–water partition coefficient (Wildman–Crippen LogP) is -0.976. The van der Waals surface area contributed by atoms with Gasteiger partial charge < -0.3 is 9.39 Å². The highest BCUT2D eigenvalue weighted by atomic mass is 32.2. The minimum Gasteiger partial charge on any atom is -0.342 e. The second-order valence-electron chi connectivity index (χ2n) is 1.78. The number of rotatable bonds is 5. The van der Waals surface area contributed by atoms with E-state index in [9.17, 15) is 13.2 Å². The molecule has 0 heterocycles. The molecule has 0 amide bonds. The van der Waals surface area contributed by atoms with E-state index in [1.165, 1.54) is 0 Å². The van der Waals surface area contributed by atoms with Crippen LogP contribution in [0.15, 0.2) is 12.7 Å². The average molecular weight is 195 g/mol. The summed E-state index contributed by atoms with van der Waals surface area (Å²) in [4.78, 5) is 10.4. The summed E-state index contributed by atoms with van der Waals surface area (Å²) >= 11 is 0. The zero-order valence-electron chi connectivity index (χ0n) is 6.19. The fourth-order valence-electron chi connectivity index (χ4n) is 0.371. The molecule has 0 fully saturated rings. The molecule has 0 saturated heterocycles. The van der Waals surface area contributed by atoms with Gasteiger partial charge in [-0.05, 0) is 0 Å². The van der Waals surface area contributed by atoms with E-state index in [0.717, 1.165) is 6.08 Å². The first-order chi connectivity index (χ1) is 5.52. The smallest absolute Gasteiger partial charge is 0.342 e. The first-order valence-corrected chi connectivity index (χ1v) is 4.55. The normalized spacial score (nSPS) is 10.8. The molecule has 0 aromatic rings. The van der Waals surface area contributed by atoms with E-state index in [0.29, 0.717) is 0 Å². The maximum Gasteiger partial charge on any atom is 0.345 e. The van der Waals surface area contributed by atoms with Crippen LogP contribution in [0.25, 0.3) is 0 Å². The van der Waals surface area contributed by atoms with Gasteiger partial charge in [0.25, 0.3) is 0 Å². The van der Waals surface area contributed by atoms with Crippen LogP contribution in [-0.4, -0.2) is 31.9 Å². The second-order valence-corrected chi connectivity index (χ2v) is 3.47. The molecular formula is C5H9NO5S. The third-order valence-electron chi connectivity index (χ3n) is 0.840. The van der Waals surface area contributed by atoms with Gasteiger partial charge in [-0.3, -0.25) is 0 Å². The molecule has 0 aromatic carbocycles. The van der Waals surface area contributed by atoms with Gasteiger partial charge in [-0.15, -0.1) is 0 Å². The first kappa shape index (κ1) is 11.1. The summed E-state index contributed by atoms with van der Waals surface area (Å²) in [6.45, 7) is 2.82. The fourth-order valence-corrected chi connectivity index (χ4v) is 1.11. The van der Waals surface area contributed by atoms with Gasteiger partial charge in [0.2, 0.25) is 0 Å². The largest absolute Gasteiger partial charge is 0.345 e. The molecule has 0 radical (unpaired) electrons. The highest BCUT2D eigenvalue weighted by Gasteiger charge is 2.13. The Balaban J connectivity index is 4.05. The summed E-state index contributed by atoms with van der Waals surface area (Å²) in [6.07, 6.45) is 0.740. The van der Waals surface area contributed by atoms with Crippen molar-refractivity contribution in [3.8, 4) is 0 Å². The zero-order valence-corrected chi connectivity index (χ0v) is 7.00. The van der Waals surface area contributed by atoms with Crippen LogP contribution in [0, 0.1) is 0 Å². The van der Waals surface area contributed by atoms with Crippen LogP contribution in [-0.2, 0) is 19.1 Å². The highest BCUT2D eigenvalue weighted by molar-refractivity contribution is 7.87. The van der Waals surface area contributed by atoms with Crippen molar-refractivity contribution in [2.24, 2.45) is 0 Å². The lowest BCUT2D eigenvalue weighted by Gasteiger charge is -2.01. The van der Waals surface area contributed by atoms with E-state index >= 15 is 0 Å². The van der Waals surface area contributed by atoms with E-state index in [1.54, 1.807) is 5.48 Å². The fraction of sp³-hybridized carbons (Fsp3) is 0.400. The third-order valence-corrected chi connectivity index (χ3v) is 1.96. The van der Waals surface area contributed by atoms with Crippen LogP contribution < -0.4 is 5.48 Å². The number of nitrogens with one attached hydrogen (secondary N) is 1. The maximum atomic E-state index is 10.7. The second kappa shape index (κ2) is 4.86. The third kappa shape index (κ3) is 4.83. The van der Waals surface area contributed by atoms with Crippen molar-refractivity contribution in [3.63, 3.8) is 0 Å². The predicted molar refractivity (Wildman–Crippen MR) is 39.9 cm³/mol. The maximum absolute atomic E-state index is 10.7. The molecule has 0 bridgehead atoms. The van der Waals surface area contributed by atoms with E-state index in [1.807, 2.05) is 0 Å². The van der Waals surface area contributed by atoms with Gasteiger partial charge in [0.15, 0.2) is 0 Å². The van der Waals surface area contributed by atoms with Gasteiger partial charge in [0.1, 0.15) is 5.75 Å². The molecule has 0 saturated carbocycles. The minimum atomic E-state index is -3.90. The van der Waals surface area contributed by atoms with Crippen molar-refractivity contribution in [1.82, 2.24) is 5.48 Å². The molecule has 0 aliphatic carbocycles. The summed E-state index contributed by atoms with van der Waals surface area (Å²) in [5, 5.41) is 8.05. The van der Waals surface area contributed by atoms with Crippen molar-refractivity contribution >= 4 is 16.1 Å². The zero-order chi connectivity index (χ0) is 9.61. The Hall–Kier alpha value is -0.920. The summed E-state index contributed by atoms with van der Waals surface area (Å²) in [5.74, 6) is -1.52. The van der Waals surface area contributed by atoms with Gasteiger partial charge >= 0.3 is 16.1 Å². The van der Waals surface area contributed by atoms with E-state index in [2.05, 4.69) is 10.8 Å².